The fraction of sp³-hybridized carbons (Fsp3) is 0.227. The van der Waals surface area contributed by atoms with Crippen LogP contribution in [0.15, 0.2) is 70.6 Å². The number of hydrogen-bond acceptors (Lipinski definition) is 6. The number of anilines is 1. The van der Waals surface area contributed by atoms with Crippen LogP contribution >= 0.6 is 0 Å². The summed E-state index contributed by atoms with van der Waals surface area (Å²) in [6.45, 7) is 7.18. The summed E-state index contributed by atoms with van der Waals surface area (Å²) < 4.78 is 5.78. The number of nitrogens with zero attached hydrogens (tertiary/aromatic N) is 3. The first-order valence-electron chi connectivity index (χ1n) is 9.27. The van der Waals surface area contributed by atoms with E-state index in [1.807, 2.05) is 12.1 Å². The van der Waals surface area contributed by atoms with Crippen molar-refractivity contribution < 1.29 is 9.53 Å². The minimum atomic E-state index is -0.315. The van der Waals surface area contributed by atoms with Gasteiger partial charge in [-0.2, -0.15) is 0 Å². The molecule has 29 heavy (non-hydrogen) atoms. The Hall–Kier alpha value is -3.61. The molecule has 7 heteroatoms. The maximum atomic E-state index is 12.3. The Morgan fingerprint density at radius 2 is 2.07 bits per heavy atom. The number of aromatic nitrogens is 1. The molecule has 1 aromatic heterocycles. The maximum absolute atomic E-state index is 12.3. The molecule has 148 valence electrons. The topological polar surface area (TPSA) is 93.0 Å². The number of amides is 1. The van der Waals surface area contributed by atoms with Crippen LogP contribution < -0.4 is 10.1 Å². The molecule has 1 fully saturated rings. The van der Waals surface area contributed by atoms with E-state index in [1.54, 1.807) is 44.3 Å². The van der Waals surface area contributed by atoms with E-state index in [9.17, 15) is 9.70 Å². The number of benzene rings is 1. The van der Waals surface area contributed by atoms with Crippen LogP contribution in [0.1, 0.15) is 26.7 Å². The normalized spacial score (nSPS) is 13.9. The Morgan fingerprint density at radius 3 is 2.66 bits per heavy atom. The van der Waals surface area contributed by atoms with Gasteiger partial charge in [-0.25, -0.2) is 4.98 Å². The van der Waals surface area contributed by atoms with Gasteiger partial charge in [-0.05, 0) is 61.7 Å². The second-order valence-electron chi connectivity index (χ2n) is 6.75. The van der Waals surface area contributed by atoms with E-state index in [1.165, 1.54) is 6.21 Å². The SMILES string of the molecule is C=C(C)N=C/C(=C\C)C(=O)Nc1ccc(-c2cc(N=O)cc(OC3CC3)c2)cn1. The average Bonchev–Trinajstić information content (AvgIpc) is 3.52. The second-order valence-corrected chi connectivity index (χ2v) is 6.75. The van der Waals surface area contributed by atoms with Crippen molar-refractivity contribution in [2.75, 3.05) is 5.32 Å². The number of allylic oxidation sites excluding steroid dienone is 2. The molecule has 0 bridgehead atoms. The lowest BCUT2D eigenvalue weighted by atomic mass is 10.1. The van der Waals surface area contributed by atoms with E-state index in [4.69, 9.17) is 4.74 Å². The Morgan fingerprint density at radius 1 is 1.28 bits per heavy atom. The summed E-state index contributed by atoms with van der Waals surface area (Å²) in [5.41, 5.74) is 2.86. The average molecular weight is 390 g/mol. The van der Waals surface area contributed by atoms with E-state index in [-0.39, 0.29) is 12.0 Å². The molecule has 3 rings (SSSR count). The van der Waals surface area contributed by atoms with Gasteiger partial charge in [0, 0.05) is 29.7 Å². The van der Waals surface area contributed by atoms with Crippen molar-refractivity contribution >= 4 is 23.6 Å². The van der Waals surface area contributed by atoms with Gasteiger partial charge in [0.05, 0.1) is 11.7 Å². The Labute approximate surface area is 169 Å². The largest absolute Gasteiger partial charge is 0.490 e. The molecule has 1 heterocycles. The molecule has 0 atom stereocenters. The van der Waals surface area contributed by atoms with Gasteiger partial charge in [-0.3, -0.25) is 9.79 Å². The van der Waals surface area contributed by atoms with Crippen molar-refractivity contribution in [2.24, 2.45) is 10.2 Å². The fourth-order valence-corrected chi connectivity index (χ4v) is 2.52. The van der Waals surface area contributed by atoms with Crippen LogP contribution in [0.25, 0.3) is 11.1 Å². The van der Waals surface area contributed by atoms with Crippen LogP contribution in [0.4, 0.5) is 11.5 Å². The van der Waals surface area contributed by atoms with E-state index in [2.05, 4.69) is 27.0 Å². The zero-order valence-electron chi connectivity index (χ0n) is 16.4. The first kappa shape index (κ1) is 20.1. The van der Waals surface area contributed by atoms with Gasteiger partial charge in [-0.15, -0.1) is 4.91 Å². The standard InChI is InChI=1S/C22H22N4O3/c1-4-15(12-23-14(2)3)22(27)25-21-8-5-16(13-24-21)17-9-18(26-28)11-20(10-17)29-19-6-7-19/h4-5,8-13,19H,2,6-7H2,1,3H3,(H,24,25,27)/b15-4+,23-12?. The molecule has 0 aliphatic heterocycles. The van der Waals surface area contributed by atoms with Gasteiger partial charge in [0.15, 0.2) is 0 Å². The maximum Gasteiger partial charge on any atom is 0.258 e. The predicted molar refractivity (Wildman–Crippen MR) is 114 cm³/mol. The highest BCUT2D eigenvalue weighted by Gasteiger charge is 2.24. The first-order valence-corrected chi connectivity index (χ1v) is 9.27. The Kier molecular flexibility index (Phi) is 6.29. The number of pyridine rings is 1. The Balaban J connectivity index is 1.75. The summed E-state index contributed by atoms with van der Waals surface area (Å²) in [5, 5.41) is 5.76. The predicted octanol–water partition coefficient (Wildman–Crippen LogP) is 5.18. The lowest BCUT2D eigenvalue weighted by molar-refractivity contribution is -0.112. The van der Waals surface area contributed by atoms with Crippen molar-refractivity contribution in [3.8, 4) is 16.9 Å². The first-order chi connectivity index (χ1) is 14.0. The van der Waals surface area contributed by atoms with Crippen molar-refractivity contribution in [1.82, 2.24) is 4.98 Å². The third kappa shape index (κ3) is 5.68. The molecule has 0 unspecified atom stereocenters. The van der Waals surface area contributed by atoms with Crippen molar-refractivity contribution in [2.45, 2.75) is 32.8 Å². The lowest BCUT2D eigenvalue weighted by Crippen LogP contribution is -2.16. The summed E-state index contributed by atoms with van der Waals surface area (Å²) in [6, 6.07) is 8.66. The fourth-order valence-electron chi connectivity index (χ4n) is 2.52. The number of carbonyl (C=O) groups is 1. The van der Waals surface area contributed by atoms with Gasteiger partial charge in [0.25, 0.3) is 5.91 Å². The molecule has 1 aliphatic rings. The quantitative estimate of drug-likeness (QED) is 0.382. The molecule has 0 radical (unpaired) electrons. The summed E-state index contributed by atoms with van der Waals surface area (Å²) in [6.07, 6.45) is 7.01. The monoisotopic (exact) mass is 390 g/mol. The van der Waals surface area contributed by atoms with Gasteiger partial charge in [0.1, 0.15) is 17.3 Å². The summed E-state index contributed by atoms with van der Waals surface area (Å²) >= 11 is 0. The number of hydrogen-bond donors (Lipinski definition) is 1. The zero-order valence-corrected chi connectivity index (χ0v) is 16.4. The highest BCUT2D eigenvalue weighted by Crippen LogP contribution is 2.33. The summed E-state index contributed by atoms with van der Waals surface area (Å²) in [7, 11) is 0. The van der Waals surface area contributed by atoms with E-state index in [0.717, 1.165) is 24.0 Å². The molecule has 1 N–H and O–H groups in total. The summed E-state index contributed by atoms with van der Waals surface area (Å²) in [4.78, 5) is 31.7. The molecule has 1 amide bonds. The van der Waals surface area contributed by atoms with Crippen LogP contribution in [-0.4, -0.2) is 23.2 Å². The number of rotatable bonds is 8. The van der Waals surface area contributed by atoms with E-state index < -0.39 is 0 Å². The van der Waals surface area contributed by atoms with Crippen molar-refractivity contribution in [3.63, 3.8) is 0 Å². The third-order valence-corrected chi connectivity index (χ3v) is 4.16. The molecular weight excluding hydrogens is 368 g/mol. The van der Waals surface area contributed by atoms with Crippen molar-refractivity contribution in [3.05, 3.63) is 65.4 Å². The number of ether oxygens (including phenoxy) is 1. The Bertz CT molecular complexity index is 990. The minimum Gasteiger partial charge on any atom is -0.490 e. The minimum absolute atomic E-state index is 0.217. The number of carbonyl (C=O) groups excluding carboxylic acids is 1. The molecule has 1 aliphatic carbocycles. The molecule has 0 spiro atoms. The van der Waals surface area contributed by atoms with E-state index in [0.29, 0.717) is 28.5 Å². The van der Waals surface area contributed by atoms with Crippen LogP contribution in [0, 0.1) is 4.91 Å². The molecule has 0 saturated heterocycles. The highest BCUT2D eigenvalue weighted by atomic mass is 16.5. The molecule has 7 nitrogen and oxygen atoms in total. The van der Waals surface area contributed by atoms with Crippen LogP contribution in [0.5, 0.6) is 5.75 Å². The van der Waals surface area contributed by atoms with Gasteiger partial charge >= 0.3 is 0 Å². The molecule has 1 saturated carbocycles. The van der Waals surface area contributed by atoms with Gasteiger partial charge in [0.2, 0.25) is 0 Å². The van der Waals surface area contributed by atoms with E-state index >= 15 is 0 Å². The second kappa shape index (κ2) is 9.05. The molecular formula is C22H22N4O3. The van der Waals surface area contributed by atoms with Crippen LogP contribution in [0.3, 0.4) is 0 Å². The van der Waals surface area contributed by atoms with Crippen LogP contribution in [0.2, 0.25) is 0 Å². The summed E-state index contributed by atoms with van der Waals surface area (Å²) in [5.74, 6) is 0.706. The van der Waals surface area contributed by atoms with Gasteiger partial charge in [-0.1, -0.05) is 12.7 Å². The number of nitroso groups, excluding NO2 is 1. The molecule has 2 aromatic rings. The lowest BCUT2D eigenvalue weighted by Gasteiger charge is -2.09. The zero-order chi connectivity index (χ0) is 20.8. The smallest absolute Gasteiger partial charge is 0.258 e. The highest BCUT2D eigenvalue weighted by molar-refractivity contribution is 6.17. The van der Waals surface area contributed by atoms with Gasteiger partial charge < -0.3 is 10.1 Å². The number of nitrogens with one attached hydrogen (secondary N) is 1. The van der Waals surface area contributed by atoms with Crippen LogP contribution in [-0.2, 0) is 4.79 Å². The van der Waals surface area contributed by atoms with Crippen molar-refractivity contribution in [1.29, 1.82) is 0 Å². The number of aliphatic imine (C=N–C) groups is 1. The third-order valence-electron chi connectivity index (χ3n) is 4.16. The molecule has 1 aromatic carbocycles.